The fourth-order valence-electron chi connectivity index (χ4n) is 2.07. The molecule has 0 saturated heterocycles. The summed E-state index contributed by atoms with van der Waals surface area (Å²) in [6, 6.07) is 4.00. The Hall–Kier alpha value is -2.72. The lowest BCUT2D eigenvalue weighted by Gasteiger charge is -2.05. The zero-order valence-electron chi connectivity index (χ0n) is 12.1. The third-order valence-corrected chi connectivity index (χ3v) is 4.02. The number of nitrogens with one attached hydrogen (secondary N) is 1. The lowest BCUT2D eigenvalue weighted by atomic mass is 10.3. The summed E-state index contributed by atoms with van der Waals surface area (Å²) in [5.74, 6) is 0.465. The molecule has 0 atom stereocenters. The molecule has 3 heterocycles. The standard InChI is InChI=1S/C15H13N5OS/c1-9(2)20-14-12(7-17-20)15(21)19-13(18-14)4-3-11-5-10(6-16)8-22-11/h3-5,7-9H,1-2H3,(H,18,19,21)/b4-3+. The number of hydrogen-bond donors (Lipinski definition) is 1. The molecule has 0 bridgehead atoms. The van der Waals surface area contributed by atoms with Crippen LogP contribution in [0.3, 0.4) is 0 Å². The average Bonchev–Trinajstić information content (AvgIpc) is 3.11. The minimum absolute atomic E-state index is 0.124. The van der Waals surface area contributed by atoms with E-state index in [1.165, 1.54) is 17.5 Å². The summed E-state index contributed by atoms with van der Waals surface area (Å²) >= 11 is 1.46. The first-order valence-electron chi connectivity index (χ1n) is 6.72. The van der Waals surface area contributed by atoms with Gasteiger partial charge in [0.25, 0.3) is 5.56 Å². The topological polar surface area (TPSA) is 87.4 Å². The molecule has 0 aromatic carbocycles. The summed E-state index contributed by atoms with van der Waals surface area (Å²) in [6.45, 7) is 3.97. The maximum absolute atomic E-state index is 12.1. The van der Waals surface area contributed by atoms with Crippen LogP contribution in [0.25, 0.3) is 23.2 Å². The Kier molecular flexibility index (Phi) is 3.61. The Morgan fingerprint density at radius 3 is 2.95 bits per heavy atom. The van der Waals surface area contributed by atoms with Gasteiger partial charge in [0.2, 0.25) is 0 Å². The molecule has 3 rings (SSSR count). The second kappa shape index (κ2) is 5.58. The maximum atomic E-state index is 12.1. The molecule has 0 aliphatic heterocycles. The third kappa shape index (κ3) is 2.56. The fraction of sp³-hybridized carbons (Fsp3) is 0.200. The Labute approximate surface area is 130 Å². The Balaban J connectivity index is 2.02. The van der Waals surface area contributed by atoms with Gasteiger partial charge in [-0.3, -0.25) is 4.79 Å². The highest BCUT2D eigenvalue weighted by Crippen LogP contribution is 2.17. The van der Waals surface area contributed by atoms with Gasteiger partial charge in [0.15, 0.2) is 5.65 Å². The second-order valence-electron chi connectivity index (χ2n) is 5.05. The van der Waals surface area contributed by atoms with Crippen LogP contribution in [0, 0.1) is 11.3 Å². The maximum Gasteiger partial charge on any atom is 0.262 e. The number of hydrogen-bond acceptors (Lipinski definition) is 5. The molecule has 0 spiro atoms. The summed E-state index contributed by atoms with van der Waals surface area (Å²) in [5, 5.41) is 15.3. The first kappa shape index (κ1) is 14.2. The zero-order chi connectivity index (χ0) is 15.7. The predicted octanol–water partition coefficient (Wildman–Crippen LogP) is 2.80. The van der Waals surface area contributed by atoms with E-state index in [0.29, 0.717) is 22.4 Å². The van der Waals surface area contributed by atoms with Gasteiger partial charge in [0.05, 0.1) is 11.8 Å². The summed E-state index contributed by atoms with van der Waals surface area (Å²) < 4.78 is 1.72. The van der Waals surface area contributed by atoms with E-state index in [1.807, 2.05) is 19.9 Å². The predicted molar refractivity (Wildman–Crippen MR) is 86.5 cm³/mol. The van der Waals surface area contributed by atoms with E-state index in [0.717, 1.165) is 4.88 Å². The molecule has 22 heavy (non-hydrogen) atoms. The van der Waals surface area contributed by atoms with Gasteiger partial charge < -0.3 is 4.98 Å². The van der Waals surface area contributed by atoms with E-state index in [9.17, 15) is 4.79 Å². The molecule has 0 aliphatic carbocycles. The summed E-state index contributed by atoms with van der Waals surface area (Å²) in [6.07, 6.45) is 5.09. The molecule has 0 saturated carbocycles. The molecule has 7 heteroatoms. The van der Waals surface area contributed by atoms with Gasteiger partial charge in [-0.05, 0) is 32.1 Å². The van der Waals surface area contributed by atoms with Crippen LogP contribution in [-0.4, -0.2) is 19.7 Å². The number of nitrogens with zero attached hydrogens (tertiary/aromatic N) is 4. The SMILES string of the molecule is CC(C)n1ncc2c(=O)[nH]c(/C=C/c3cc(C#N)cs3)nc21. The van der Waals surface area contributed by atoms with Gasteiger partial charge in [0.1, 0.15) is 17.3 Å². The van der Waals surface area contributed by atoms with Gasteiger partial charge in [0, 0.05) is 16.3 Å². The largest absolute Gasteiger partial charge is 0.306 e. The van der Waals surface area contributed by atoms with Crippen molar-refractivity contribution in [2.24, 2.45) is 0 Å². The first-order chi connectivity index (χ1) is 10.6. The Morgan fingerprint density at radius 2 is 2.27 bits per heavy atom. The summed E-state index contributed by atoms with van der Waals surface area (Å²) in [5.41, 5.74) is 0.988. The van der Waals surface area contributed by atoms with Gasteiger partial charge in [-0.15, -0.1) is 11.3 Å². The third-order valence-electron chi connectivity index (χ3n) is 3.13. The minimum atomic E-state index is -0.208. The highest BCUT2D eigenvalue weighted by molar-refractivity contribution is 7.11. The molecule has 6 nitrogen and oxygen atoms in total. The molecular formula is C15H13N5OS. The van der Waals surface area contributed by atoms with Crippen molar-refractivity contribution in [2.45, 2.75) is 19.9 Å². The van der Waals surface area contributed by atoms with Crippen LogP contribution in [0.5, 0.6) is 0 Å². The van der Waals surface area contributed by atoms with E-state index < -0.39 is 0 Å². The van der Waals surface area contributed by atoms with Crippen molar-refractivity contribution in [1.29, 1.82) is 5.26 Å². The fourth-order valence-corrected chi connectivity index (χ4v) is 2.80. The van der Waals surface area contributed by atoms with Crippen LogP contribution in [0.2, 0.25) is 0 Å². The van der Waals surface area contributed by atoms with Crippen molar-refractivity contribution in [3.05, 3.63) is 44.3 Å². The van der Waals surface area contributed by atoms with Gasteiger partial charge >= 0.3 is 0 Å². The Bertz CT molecular complexity index is 954. The molecule has 3 aromatic rings. The lowest BCUT2D eigenvalue weighted by Crippen LogP contribution is -2.11. The van der Waals surface area contributed by atoms with Crippen molar-refractivity contribution < 1.29 is 0 Å². The van der Waals surface area contributed by atoms with Crippen molar-refractivity contribution in [1.82, 2.24) is 19.7 Å². The van der Waals surface area contributed by atoms with Gasteiger partial charge in [-0.1, -0.05) is 0 Å². The molecule has 0 unspecified atom stereocenters. The number of fused-ring (bicyclic) bond motifs is 1. The second-order valence-corrected chi connectivity index (χ2v) is 6.00. The quantitative estimate of drug-likeness (QED) is 0.805. The molecule has 0 aliphatic rings. The van der Waals surface area contributed by atoms with Crippen molar-refractivity contribution in [2.75, 3.05) is 0 Å². The van der Waals surface area contributed by atoms with Gasteiger partial charge in [-0.2, -0.15) is 10.4 Å². The van der Waals surface area contributed by atoms with Crippen LogP contribution in [-0.2, 0) is 0 Å². The molecule has 110 valence electrons. The number of nitriles is 1. The molecule has 1 N–H and O–H groups in total. The van der Waals surface area contributed by atoms with Gasteiger partial charge in [-0.25, -0.2) is 9.67 Å². The molecule has 0 radical (unpaired) electrons. The van der Waals surface area contributed by atoms with Crippen molar-refractivity contribution in [3.8, 4) is 6.07 Å². The van der Waals surface area contributed by atoms with Crippen LogP contribution >= 0.6 is 11.3 Å². The van der Waals surface area contributed by atoms with Crippen molar-refractivity contribution >= 4 is 34.5 Å². The number of aromatic amines is 1. The number of H-pyrrole nitrogens is 1. The van der Waals surface area contributed by atoms with Crippen LogP contribution in [0.4, 0.5) is 0 Å². The molecule has 0 amide bonds. The normalized spacial score (nSPS) is 11.5. The summed E-state index contributed by atoms with van der Waals surface area (Å²) in [7, 11) is 0. The molecule has 3 aromatic heterocycles. The average molecular weight is 311 g/mol. The van der Waals surface area contributed by atoms with E-state index in [4.69, 9.17) is 5.26 Å². The summed E-state index contributed by atoms with van der Waals surface area (Å²) in [4.78, 5) is 20.2. The van der Waals surface area contributed by atoms with Crippen molar-refractivity contribution in [3.63, 3.8) is 0 Å². The van der Waals surface area contributed by atoms with E-state index in [1.54, 1.807) is 22.2 Å². The number of rotatable bonds is 3. The number of thiophene rings is 1. The highest BCUT2D eigenvalue weighted by atomic mass is 32.1. The van der Waals surface area contributed by atoms with Crippen LogP contribution in [0.1, 0.15) is 36.2 Å². The van der Waals surface area contributed by atoms with E-state index in [-0.39, 0.29) is 11.6 Å². The number of aromatic nitrogens is 4. The van der Waals surface area contributed by atoms with Crippen LogP contribution in [0.15, 0.2) is 22.4 Å². The molecule has 0 fully saturated rings. The van der Waals surface area contributed by atoms with E-state index >= 15 is 0 Å². The van der Waals surface area contributed by atoms with Crippen LogP contribution < -0.4 is 5.56 Å². The highest BCUT2D eigenvalue weighted by Gasteiger charge is 2.11. The molecular weight excluding hydrogens is 298 g/mol. The Morgan fingerprint density at radius 1 is 1.45 bits per heavy atom. The first-order valence-corrected chi connectivity index (χ1v) is 7.60. The zero-order valence-corrected chi connectivity index (χ0v) is 12.9. The van der Waals surface area contributed by atoms with E-state index in [2.05, 4.69) is 21.1 Å². The lowest BCUT2D eigenvalue weighted by molar-refractivity contribution is 0.546. The smallest absolute Gasteiger partial charge is 0.262 e. The monoisotopic (exact) mass is 311 g/mol. The minimum Gasteiger partial charge on any atom is -0.306 e.